The van der Waals surface area contributed by atoms with Gasteiger partial charge < -0.3 is 15.3 Å². The van der Waals surface area contributed by atoms with Crippen LogP contribution in [0.15, 0.2) is 35.5 Å². The first-order valence-corrected chi connectivity index (χ1v) is 5.80. The second-order valence-electron chi connectivity index (χ2n) is 4.16. The normalized spacial score (nSPS) is 13.2. The van der Waals surface area contributed by atoms with Gasteiger partial charge in [0.15, 0.2) is 0 Å². The van der Waals surface area contributed by atoms with Crippen LogP contribution in [-0.2, 0) is 4.84 Å². The minimum absolute atomic E-state index is 0.197. The molecule has 1 unspecified atom stereocenters. The van der Waals surface area contributed by atoms with Gasteiger partial charge in [0.05, 0.1) is 6.21 Å². The highest BCUT2D eigenvalue weighted by Crippen LogP contribution is 1.94. The van der Waals surface area contributed by atoms with Gasteiger partial charge in [0.25, 0.3) is 0 Å². The van der Waals surface area contributed by atoms with Crippen LogP contribution < -0.4 is 5.32 Å². The highest BCUT2D eigenvalue weighted by atomic mass is 16.6. The van der Waals surface area contributed by atoms with Crippen molar-refractivity contribution in [3.8, 4) is 0 Å². The molecule has 1 rings (SSSR count). The van der Waals surface area contributed by atoms with E-state index < -0.39 is 6.10 Å². The molecule has 1 aromatic carbocycles. The van der Waals surface area contributed by atoms with E-state index in [0.717, 1.165) is 5.56 Å². The molecular formula is C13H20N2O2. The minimum Gasteiger partial charge on any atom is -0.393 e. The molecule has 0 saturated heterocycles. The summed E-state index contributed by atoms with van der Waals surface area (Å²) >= 11 is 0. The summed E-state index contributed by atoms with van der Waals surface area (Å²) in [5, 5.41) is 16.5. The summed E-state index contributed by atoms with van der Waals surface area (Å²) in [5.41, 5.74) is 0.974. The zero-order valence-corrected chi connectivity index (χ0v) is 10.3. The Morgan fingerprint density at radius 1 is 1.35 bits per heavy atom. The van der Waals surface area contributed by atoms with Gasteiger partial charge in [0, 0.05) is 12.6 Å². The van der Waals surface area contributed by atoms with Gasteiger partial charge >= 0.3 is 0 Å². The Morgan fingerprint density at radius 2 is 2.06 bits per heavy atom. The summed E-state index contributed by atoms with van der Waals surface area (Å²) in [6.45, 7) is 4.77. The summed E-state index contributed by atoms with van der Waals surface area (Å²) in [5.74, 6) is 0. The maximum Gasteiger partial charge on any atom is 0.144 e. The first-order valence-electron chi connectivity index (χ1n) is 5.80. The largest absolute Gasteiger partial charge is 0.393 e. The van der Waals surface area contributed by atoms with Gasteiger partial charge in [-0.25, -0.2) is 0 Å². The van der Waals surface area contributed by atoms with Gasteiger partial charge in [0.2, 0.25) is 0 Å². The standard InChI is InChI=1S/C13H20N2O2/c1-11(2)14-9-13(16)10-17-15-8-12-6-4-3-5-7-12/h3-8,11,13-14,16H,9-10H2,1-2H3/b15-8+. The molecule has 17 heavy (non-hydrogen) atoms. The van der Waals surface area contributed by atoms with Crippen LogP contribution in [0.25, 0.3) is 0 Å². The summed E-state index contributed by atoms with van der Waals surface area (Å²) in [7, 11) is 0. The molecule has 2 N–H and O–H groups in total. The molecule has 4 nitrogen and oxygen atoms in total. The second-order valence-corrected chi connectivity index (χ2v) is 4.16. The third kappa shape index (κ3) is 6.71. The van der Waals surface area contributed by atoms with E-state index >= 15 is 0 Å². The molecule has 1 atom stereocenters. The van der Waals surface area contributed by atoms with E-state index in [4.69, 9.17) is 4.84 Å². The Balaban J connectivity index is 2.17. The number of aliphatic hydroxyl groups excluding tert-OH is 1. The van der Waals surface area contributed by atoms with Crippen LogP contribution in [0.4, 0.5) is 0 Å². The van der Waals surface area contributed by atoms with Gasteiger partial charge in [-0.2, -0.15) is 0 Å². The number of aliphatic hydroxyl groups is 1. The van der Waals surface area contributed by atoms with Crippen molar-refractivity contribution in [1.29, 1.82) is 0 Å². The second kappa shape index (κ2) is 7.81. The van der Waals surface area contributed by atoms with E-state index in [-0.39, 0.29) is 6.61 Å². The molecule has 94 valence electrons. The van der Waals surface area contributed by atoms with Crippen LogP contribution in [0.3, 0.4) is 0 Å². The smallest absolute Gasteiger partial charge is 0.144 e. The number of benzene rings is 1. The van der Waals surface area contributed by atoms with E-state index in [2.05, 4.69) is 10.5 Å². The van der Waals surface area contributed by atoms with E-state index in [1.807, 2.05) is 44.2 Å². The van der Waals surface area contributed by atoms with Crippen LogP contribution in [0.5, 0.6) is 0 Å². The van der Waals surface area contributed by atoms with Crippen molar-refractivity contribution < 1.29 is 9.94 Å². The molecule has 0 spiro atoms. The Hall–Kier alpha value is -1.39. The molecule has 0 radical (unpaired) electrons. The third-order valence-corrected chi connectivity index (χ3v) is 2.10. The van der Waals surface area contributed by atoms with Crippen LogP contribution in [0, 0.1) is 0 Å². The number of hydrogen-bond acceptors (Lipinski definition) is 4. The highest BCUT2D eigenvalue weighted by molar-refractivity contribution is 5.78. The van der Waals surface area contributed by atoms with Crippen molar-refractivity contribution in [3.63, 3.8) is 0 Å². The number of oxime groups is 1. The number of nitrogens with zero attached hydrogens (tertiary/aromatic N) is 1. The van der Waals surface area contributed by atoms with Gasteiger partial charge in [-0.3, -0.25) is 0 Å². The molecule has 0 heterocycles. The lowest BCUT2D eigenvalue weighted by Crippen LogP contribution is -2.34. The van der Waals surface area contributed by atoms with Crippen LogP contribution in [-0.4, -0.2) is 36.6 Å². The molecule has 0 saturated carbocycles. The van der Waals surface area contributed by atoms with E-state index in [1.54, 1.807) is 6.21 Å². The van der Waals surface area contributed by atoms with Crippen molar-refractivity contribution in [3.05, 3.63) is 35.9 Å². The summed E-state index contributed by atoms with van der Waals surface area (Å²) in [6.07, 6.45) is 1.09. The van der Waals surface area contributed by atoms with E-state index in [1.165, 1.54) is 0 Å². The molecule has 4 heteroatoms. The predicted molar refractivity (Wildman–Crippen MR) is 69.1 cm³/mol. The van der Waals surface area contributed by atoms with E-state index in [0.29, 0.717) is 12.6 Å². The molecule has 0 aliphatic heterocycles. The van der Waals surface area contributed by atoms with Gasteiger partial charge in [0.1, 0.15) is 12.7 Å². The Labute approximate surface area is 102 Å². The average molecular weight is 236 g/mol. The van der Waals surface area contributed by atoms with Gasteiger partial charge in [-0.15, -0.1) is 0 Å². The molecule has 0 amide bonds. The Kier molecular flexibility index (Phi) is 6.29. The third-order valence-electron chi connectivity index (χ3n) is 2.10. The molecule has 0 aromatic heterocycles. The summed E-state index contributed by atoms with van der Waals surface area (Å²) in [6, 6.07) is 10.0. The quantitative estimate of drug-likeness (QED) is 0.556. The summed E-state index contributed by atoms with van der Waals surface area (Å²) in [4.78, 5) is 5.01. The molecule has 0 fully saturated rings. The molecule has 0 bridgehead atoms. The Bertz CT molecular complexity index is 325. The van der Waals surface area contributed by atoms with Gasteiger partial charge in [-0.1, -0.05) is 49.3 Å². The van der Waals surface area contributed by atoms with Crippen molar-refractivity contribution in [2.75, 3.05) is 13.2 Å². The maximum absolute atomic E-state index is 9.53. The van der Waals surface area contributed by atoms with Crippen molar-refractivity contribution in [2.24, 2.45) is 5.16 Å². The fourth-order valence-electron chi connectivity index (χ4n) is 1.20. The van der Waals surface area contributed by atoms with Crippen LogP contribution >= 0.6 is 0 Å². The molecule has 0 aliphatic rings. The van der Waals surface area contributed by atoms with E-state index in [9.17, 15) is 5.11 Å². The monoisotopic (exact) mass is 236 g/mol. The first-order chi connectivity index (χ1) is 8.18. The molecule has 0 aliphatic carbocycles. The lowest BCUT2D eigenvalue weighted by Gasteiger charge is -2.12. The number of hydrogen-bond donors (Lipinski definition) is 2. The highest BCUT2D eigenvalue weighted by Gasteiger charge is 2.04. The average Bonchev–Trinajstić information content (AvgIpc) is 2.33. The zero-order valence-electron chi connectivity index (χ0n) is 10.3. The summed E-state index contributed by atoms with van der Waals surface area (Å²) < 4.78 is 0. The SMILES string of the molecule is CC(C)NCC(O)CO/N=C/c1ccccc1. The van der Waals surface area contributed by atoms with Crippen molar-refractivity contribution in [1.82, 2.24) is 5.32 Å². The van der Waals surface area contributed by atoms with Gasteiger partial charge in [-0.05, 0) is 5.56 Å². The lowest BCUT2D eigenvalue weighted by molar-refractivity contribution is 0.0401. The van der Waals surface area contributed by atoms with Crippen molar-refractivity contribution >= 4 is 6.21 Å². The fourth-order valence-corrected chi connectivity index (χ4v) is 1.20. The zero-order chi connectivity index (χ0) is 12.5. The number of rotatable bonds is 7. The van der Waals surface area contributed by atoms with Crippen LogP contribution in [0.1, 0.15) is 19.4 Å². The topological polar surface area (TPSA) is 53.8 Å². The lowest BCUT2D eigenvalue weighted by atomic mass is 10.2. The number of nitrogens with one attached hydrogen (secondary N) is 1. The predicted octanol–water partition coefficient (Wildman–Crippen LogP) is 1.40. The fraction of sp³-hybridized carbons (Fsp3) is 0.462. The molecular weight excluding hydrogens is 216 g/mol. The Morgan fingerprint density at radius 3 is 2.71 bits per heavy atom. The minimum atomic E-state index is -0.537. The molecule has 1 aromatic rings. The van der Waals surface area contributed by atoms with Crippen molar-refractivity contribution in [2.45, 2.75) is 26.0 Å². The first kappa shape index (κ1) is 13.7. The van der Waals surface area contributed by atoms with Crippen LogP contribution in [0.2, 0.25) is 0 Å². The maximum atomic E-state index is 9.53.